The maximum absolute atomic E-state index is 12.9. The molecule has 1 aromatic carbocycles. The van der Waals surface area contributed by atoms with Crippen LogP contribution in [0.25, 0.3) is 11.2 Å². The number of hydrogen-bond acceptors (Lipinski definition) is 14. The van der Waals surface area contributed by atoms with Crippen molar-refractivity contribution < 1.29 is 60.7 Å². The number of benzene rings is 1. The molecule has 1 aliphatic rings. The second-order valence-electron chi connectivity index (χ2n) is 8.70. The molecule has 20 nitrogen and oxygen atoms in total. The number of nitrogens with one attached hydrogen (secondary N) is 1. The van der Waals surface area contributed by atoms with Crippen molar-refractivity contribution in [3.05, 3.63) is 52.1 Å². The molecule has 0 radical (unpaired) electrons. The fourth-order valence-electron chi connectivity index (χ4n) is 4.07. The van der Waals surface area contributed by atoms with Crippen molar-refractivity contribution >= 4 is 46.5 Å². The topological polar surface area (TPSA) is 311 Å². The lowest BCUT2D eigenvalue weighted by molar-refractivity contribution is -0.152. The van der Waals surface area contributed by atoms with E-state index in [9.17, 15) is 33.1 Å². The molecule has 2 aromatic heterocycles. The van der Waals surface area contributed by atoms with Crippen LogP contribution in [0.4, 0.5) is 5.95 Å². The van der Waals surface area contributed by atoms with Crippen molar-refractivity contribution in [1.29, 1.82) is 0 Å². The van der Waals surface area contributed by atoms with Gasteiger partial charge in [0, 0.05) is 13.0 Å². The summed E-state index contributed by atoms with van der Waals surface area (Å²) in [7, 11) is -16.9. The molecule has 0 aliphatic carbocycles. The van der Waals surface area contributed by atoms with E-state index in [1.807, 2.05) is 0 Å². The molecular formula is C19H25N6O14P3. The number of nitrogens with two attached hydrogens (primary N) is 2. The highest BCUT2D eigenvalue weighted by atomic mass is 31.3. The molecule has 3 unspecified atom stereocenters. The number of H-pyrrole nitrogens is 1. The van der Waals surface area contributed by atoms with Gasteiger partial charge in [-0.1, -0.05) is 24.3 Å². The van der Waals surface area contributed by atoms with Crippen LogP contribution in [-0.4, -0.2) is 63.9 Å². The Morgan fingerprint density at radius 3 is 2.48 bits per heavy atom. The zero-order valence-electron chi connectivity index (χ0n) is 21.2. The molecule has 1 saturated heterocycles. The van der Waals surface area contributed by atoms with Gasteiger partial charge in [-0.05, 0) is 11.1 Å². The van der Waals surface area contributed by atoms with Gasteiger partial charge < -0.3 is 40.5 Å². The molecule has 0 bridgehead atoms. The van der Waals surface area contributed by atoms with E-state index in [2.05, 4.69) is 23.6 Å². The minimum atomic E-state index is -5.77. The zero-order valence-corrected chi connectivity index (χ0v) is 23.8. The summed E-state index contributed by atoms with van der Waals surface area (Å²) in [6.45, 7) is -0.746. The summed E-state index contributed by atoms with van der Waals surface area (Å²) in [5.41, 5.74) is 11.9. The Morgan fingerprint density at radius 2 is 1.81 bits per heavy atom. The third-order valence-electron chi connectivity index (χ3n) is 5.72. The van der Waals surface area contributed by atoms with Gasteiger partial charge in [0.2, 0.25) is 5.95 Å². The van der Waals surface area contributed by atoms with Crippen LogP contribution in [-0.2, 0) is 54.1 Å². The first-order chi connectivity index (χ1) is 19.6. The Bertz CT molecular complexity index is 1670. The number of hydrogen-bond donors (Lipinski definition) is 7. The summed E-state index contributed by atoms with van der Waals surface area (Å²) >= 11 is 0. The Morgan fingerprint density at radius 1 is 1.12 bits per heavy atom. The molecule has 0 saturated carbocycles. The lowest BCUT2D eigenvalue weighted by atomic mass is 10.0. The van der Waals surface area contributed by atoms with Crippen LogP contribution in [0.3, 0.4) is 0 Å². The minimum absolute atomic E-state index is 0.0109. The number of phosphoric acid groups is 3. The Balaban J connectivity index is 1.54. The van der Waals surface area contributed by atoms with Crippen LogP contribution in [0.15, 0.2) is 35.4 Å². The van der Waals surface area contributed by atoms with Gasteiger partial charge in [-0.2, -0.15) is 13.6 Å². The van der Waals surface area contributed by atoms with Crippen LogP contribution in [0.1, 0.15) is 23.8 Å². The maximum atomic E-state index is 12.9. The molecule has 230 valence electrons. The van der Waals surface area contributed by atoms with Crippen LogP contribution in [0.5, 0.6) is 0 Å². The Hall–Kier alpha value is -2.83. The highest BCUT2D eigenvalue weighted by Crippen LogP contribution is 2.66. The number of aromatic nitrogens is 4. The first-order valence-electron chi connectivity index (χ1n) is 11.7. The number of fused-ring (bicyclic) bond motifs is 1. The highest BCUT2D eigenvalue weighted by molar-refractivity contribution is 7.66. The van der Waals surface area contributed by atoms with Gasteiger partial charge in [-0.25, -0.2) is 18.7 Å². The third-order valence-corrected chi connectivity index (χ3v) is 9.52. The van der Waals surface area contributed by atoms with Crippen molar-refractivity contribution in [2.75, 3.05) is 12.3 Å². The highest BCUT2D eigenvalue weighted by Gasteiger charge is 2.44. The summed E-state index contributed by atoms with van der Waals surface area (Å²) in [6, 6.07) is 6.85. The fraction of sp³-hybridized carbons (Fsp3) is 0.368. The van der Waals surface area contributed by atoms with Gasteiger partial charge in [0.1, 0.15) is 18.4 Å². The van der Waals surface area contributed by atoms with Crippen LogP contribution in [0, 0.1) is 0 Å². The summed E-state index contributed by atoms with van der Waals surface area (Å²) in [4.78, 5) is 72.0. The molecular weight excluding hydrogens is 629 g/mol. The minimum Gasteiger partial charge on any atom is -0.459 e. The predicted molar refractivity (Wildman–Crippen MR) is 139 cm³/mol. The van der Waals surface area contributed by atoms with E-state index in [1.54, 1.807) is 24.3 Å². The van der Waals surface area contributed by atoms with E-state index in [4.69, 9.17) is 35.3 Å². The molecule has 3 aromatic rings. The number of nitrogens with zero attached hydrogens (tertiary/aromatic N) is 3. The molecule has 42 heavy (non-hydrogen) atoms. The molecule has 3 heterocycles. The first kappa shape index (κ1) is 32.1. The maximum Gasteiger partial charge on any atom is 0.490 e. The normalized spacial score (nSPS) is 22.1. The molecule has 9 N–H and O–H groups in total. The zero-order chi connectivity index (χ0) is 30.9. The van der Waals surface area contributed by atoms with E-state index < -0.39 is 60.0 Å². The van der Waals surface area contributed by atoms with Gasteiger partial charge >= 0.3 is 29.4 Å². The van der Waals surface area contributed by atoms with E-state index >= 15 is 0 Å². The van der Waals surface area contributed by atoms with Crippen LogP contribution >= 0.6 is 23.5 Å². The number of imidazole rings is 1. The van der Waals surface area contributed by atoms with Gasteiger partial charge in [-0.15, -0.1) is 0 Å². The number of esters is 1. The predicted octanol–water partition coefficient (Wildman–Crippen LogP) is -0.0542. The number of nitrogen functional groups attached to an aromatic ring is 1. The number of ether oxygens (including phenoxy) is 2. The smallest absolute Gasteiger partial charge is 0.459 e. The standard InChI is InChI=1S/C19H25N6O14P3/c20-7-11-4-2-1-3-10(11)5-15(26)37-12-6-14(25-9-22-16-17(25)23-19(21)24-18(16)27)36-13(12)8-35-41(31,32)39-42(33,34)38-40(28,29)30/h1-4,9,12-14H,5-8,20H2,(H,31,32)(H,33,34)(H2,28,29,30)(H3,21,23,24,27)/t12-,13?,14-/m1/s1. The number of aromatic amines is 1. The number of carbonyl (C=O) groups excluding carboxylic acids is 1. The summed E-state index contributed by atoms with van der Waals surface area (Å²) in [5.74, 6) is -0.958. The number of phosphoric ester groups is 1. The van der Waals surface area contributed by atoms with E-state index in [0.717, 1.165) is 0 Å². The average molecular weight is 654 g/mol. The van der Waals surface area contributed by atoms with E-state index in [0.29, 0.717) is 11.1 Å². The van der Waals surface area contributed by atoms with Gasteiger partial charge in [0.05, 0.1) is 19.4 Å². The molecule has 23 heteroatoms. The van der Waals surface area contributed by atoms with Crippen molar-refractivity contribution in [3.8, 4) is 0 Å². The van der Waals surface area contributed by atoms with Crippen molar-refractivity contribution in [1.82, 2.24) is 19.5 Å². The van der Waals surface area contributed by atoms with E-state index in [1.165, 1.54) is 10.9 Å². The average Bonchev–Trinajstić information content (AvgIpc) is 3.44. The largest absolute Gasteiger partial charge is 0.490 e. The van der Waals surface area contributed by atoms with Gasteiger partial charge in [0.15, 0.2) is 11.2 Å². The number of anilines is 1. The molecule has 1 fully saturated rings. The van der Waals surface area contributed by atoms with E-state index in [-0.39, 0.29) is 36.5 Å². The van der Waals surface area contributed by atoms with Crippen LogP contribution in [0.2, 0.25) is 0 Å². The van der Waals surface area contributed by atoms with Crippen molar-refractivity contribution in [2.24, 2.45) is 5.73 Å². The number of rotatable bonds is 12. The lowest BCUT2D eigenvalue weighted by Crippen LogP contribution is -2.31. The molecule has 5 atom stereocenters. The second kappa shape index (κ2) is 12.4. The SMILES string of the molecule is NCc1ccccc1CC(=O)O[C@@H]1C[C@H](n2cnc3c(=O)[nH]c(N)nc32)OC1COP(=O)(O)OP(=O)(O)OP(=O)(O)O. The van der Waals surface area contributed by atoms with Crippen molar-refractivity contribution in [3.63, 3.8) is 0 Å². The second-order valence-corrected chi connectivity index (χ2v) is 13.1. The Kier molecular flexibility index (Phi) is 9.49. The summed E-state index contributed by atoms with van der Waals surface area (Å²) in [6.07, 6.45) is -2.64. The molecule has 1 aliphatic heterocycles. The van der Waals surface area contributed by atoms with Gasteiger partial charge in [0.25, 0.3) is 5.56 Å². The molecule has 4 rings (SSSR count). The number of carbonyl (C=O) groups is 1. The molecule has 0 amide bonds. The Labute approximate surface area is 235 Å². The quantitative estimate of drug-likeness (QED) is 0.0993. The summed E-state index contributed by atoms with van der Waals surface area (Å²) < 4.78 is 59.6. The van der Waals surface area contributed by atoms with Crippen molar-refractivity contribution in [2.45, 2.75) is 37.8 Å². The molecule has 0 spiro atoms. The monoisotopic (exact) mass is 654 g/mol. The lowest BCUT2D eigenvalue weighted by Gasteiger charge is -2.21. The fourth-order valence-corrected chi connectivity index (χ4v) is 7.09. The van der Waals surface area contributed by atoms with Gasteiger partial charge in [-0.3, -0.25) is 23.7 Å². The summed E-state index contributed by atoms with van der Waals surface area (Å²) in [5, 5.41) is 0. The third kappa shape index (κ3) is 8.17. The first-order valence-corrected chi connectivity index (χ1v) is 16.2. The van der Waals surface area contributed by atoms with Crippen LogP contribution < -0.4 is 17.0 Å².